The lowest BCUT2D eigenvalue weighted by atomic mass is 10.0. The molecule has 1 aliphatic heterocycles. The minimum absolute atomic E-state index is 0.870. The van der Waals surface area contributed by atoms with Crippen molar-refractivity contribution >= 4 is 21.6 Å². The second-order valence-corrected chi connectivity index (χ2v) is 5.46. The fourth-order valence-electron chi connectivity index (χ4n) is 2.18. The number of rotatable bonds is 4. The Morgan fingerprint density at radius 1 is 1.50 bits per heavy atom. The number of hydrogen-bond acceptors (Lipinski definition) is 2. The van der Waals surface area contributed by atoms with Gasteiger partial charge in [-0.25, -0.2) is 0 Å². The molecule has 1 heterocycles. The van der Waals surface area contributed by atoms with Crippen molar-refractivity contribution in [2.45, 2.75) is 12.8 Å². The summed E-state index contributed by atoms with van der Waals surface area (Å²) in [5.74, 6) is 0.870. The van der Waals surface area contributed by atoms with Crippen LogP contribution in [-0.4, -0.2) is 26.7 Å². The highest BCUT2D eigenvalue weighted by Crippen LogP contribution is 2.20. The van der Waals surface area contributed by atoms with Crippen molar-refractivity contribution < 1.29 is 0 Å². The number of anilines is 1. The van der Waals surface area contributed by atoms with E-state index in [0.29, 0.717) is 0 Å². The smallest absolute Gasteiger partial charge is 0.0374 e. The largest absolute Gasteiger partial charge is 0.375 e. The molecule has 0 aromatic heterocycles. The molecule has 1 aliphatic rings. The molecule has 0 aliphatic carbocycles. The summed E-state index contributed by atoms with van der Waals surface area (Å²) in [6.45, 7) is 3.54. The summed E-state index contributed by atoms with van der Waals surface area (Å²) in [6.07, 6.45) is 2.63. The summed E-state index contributed by atoms with van der Waals surface area (Å²) in [7, 11) is 2.17. The molecule has 2 rings (SSSR count). The van der Waals surface area contributed by atoms with Crippen LogP contribution in [-0.2, 0) is 0 Å². The summed E-state index contributed by atoms with van der Waals surface area (Å²) in [6, 6.07) is 8.50. The van der Waals surface area contributed by atoms with Gasteiger partial charge in [0.15, 0.2) is 0 Å². The summed E-state index contributed by atoms with van der Waals surface area (Å²) < 4.78 is 1.15. The van der Waals surface area contributed by atoms with Gasteiger partial charge in [-0.2, -0.15) is 0 Å². The van der Waals surface area contributed by atoms with Crippen LogP contribution in [0, 0.1) is 5.92 Å². The van der Waals surface area contributed by atoms with Gasteiger partial charge in [0.2, 0.25) is 0 Å². The zero-order chi connectivity index (χ0) is 11.4. The maximum atomic E-state index is 3.51. The van der Waals surface area contributed by atoms with Gasteiger partial charge in [-0.1, -0.05) is 22.0 Å². The molecule has 0 radical (unpaired) electrons. The van der Waals surface area contributed by atoms with E-state index in [2.05, 4.69) is 57.5 Å². The lowest BCUT2D eigenvalue weighted by Gasteiger charge is -2.21. The zero-order valence-corrected chi connectivity index (χ0v) is 11.3. The molecule has 0 spiro atoms. The number of hydrogen-bond donors (Lipinski definition) is 1. The maximum absolute atomic E-state index is 3.51. The normalized spacial score (nSPS) is 20.0. The Labute approximate surface area is 106 Å². The second kappa shape index (κ2) is 5.69. The Morgan fingerprint density at radius 3 is 3.06 bits per heavy atom. The van der Waals surface area contributed by atoms with E-state index in [-0.39, 0.29) is 0 Å². The first-order chi connectivity index (χ1) is 7.75. The highest BCUT2D eigenvalue weighted by atomic mass is 79.9. The molecule has 3 heteroatoms. The second-order valence-electron chi connectivity index (χ2n) is 4.55. The van der Waals surface area contributed by atoms with Gasteiger partial charge in [0.25, 0.3) is 0 Å². The Balaban J connectivity index is 1.85. The first-order valence-corrected chi connectivity index (χ1v) is 6.72. The Morgan fingerprint density at radius 2 is 2.38 bits per heavy atom. The first kappa shape index (κ1) is 11.9. The number of halogens is 1. The van der Waals surface area contributed by atoms with Gasteiger partial charge < -0.3 is 10.2 Å². The highest BCUT2D eigenvalue weighted by Gasteiger charge is 2.14. The van der Waals surface area contributed by atoms with Crippen molar-refractivity contribution in [1.29, 1.82) is 0 Å². The van der Waals surface area contributed by atoms with Crippen molar-refractivity contribution in [2.24, 2.45) is 5.92 Å². The average Bonchev–Trinajstić information content (AvgIpc) is 2.78. The van der Waals surface area contributed by atoms with E-state index < -0.39 is 0 Å². The van der Waals surface area contributed by atoms with E-state index in [1.54, 1.807) is 0 Å². The molecule has 0 bridgehead atoms. The molecular formula is C13H19BrN2. The van der Waals surface area contributed by atoms with Crippen LogP contribution in [0.15, 0.2) is 28.7 Å². The van der Waals surface area contributed by atoms with Crippen molar-refractivity contribution in [3.63, 3.8) is 0 Å². The third-order valence-corrected chi connectivity index (χ3v) is 3.78. The van der Waals surface area contributed by atoms with Crippen LogP contribution >= 0.6 is 15.9 Å². The predicted molar refractivity (Wildman–Crippen MR) is 73.0 cm³/mol. The Bertz CT molecular complexity index is 334. The first-order valence-electron chi connectivity index (χ1n) is 5.93. The fraction of sp³-hybridized carbons (Fsp3) is 0.538. The molecule has 1 saturated heterocycles. The van der Waals surface area contributed by atoms with Gasteiger partial charge in [-0.15, -0.1) is 0 Å². The third kappa shape index (κ3) is 3.22. The Kier molecular flexibility index (Phi) is 4.24. The van der Waals surface area contributed by atoms with Crippen molar-refractivity contribution in [3.8, 4) is 0 Å². The van der Waals surface area contributed by atoms with Crippen LogP contribution in [0.25, 0.3) is 0 Å². The Hall–Kier alpha value is -0.540. The molecule has 2 nitrogen and oxygen atoms in total. The highest BCUT2D eigenvalue weighted by molar-refractivity contribution is 9.10. The molecule has 88 valence electrons. The predicted octanol–water partition coefficient (Wildman–Crippen LogP) is 2.88. The minimum atomic E-state index is 0.870. The standard InChI is InChI=1S/C13H19BrN2/c1-16(8-6-11-5-7-15-10-11)13-4-2-3-12(14)9-13/h2-4,9,11,15H,5-8,10H2,1H3. The zero-order valence-electron chi connectivity index (χ0n) is 9.75. The molecule has 1 N–H and O–H groups in total. The molecule has 1 aromatic rings. The maximum Gasteiger partial charge on any atom is 0.0374 e. The van der Waals surface area contributed by atoms with E-state index in [1.165, 1.54) is 31.6 Å². The van der Waals surface area contributed by atoms with Gasteiger partial charge in [0.1, 0.15) is 0 Å². The van der Waals surface area contributed by atoms with Gasteiger partial charge in [-0.3, -0.25) is 0 Å². The lowest BCUT2D eigenvalue weighted by Crippen LogP contribution is -2.21. The summed E-state index contributed by atoms with van der Waals surface area (Å²) in [4.78, 5) is 2.34. The third-order valence-electron chi connectivity index (χ3n) is 3.28. The average molecular weight is 283 g/mol. The van der Waals surface area contributed by atoms with Crippen molar-refractivity contribution in [3.05, 3.63) is 28.7 Å². The SMILES string of the molecule is CN(CCC1CCNC1)c1cccc(Br)c1. The molecule has 16 heavy (non-hydrogen) atoms. The quantitative estimate of drug-likeness (QED) is 0.914. The summed E-state index contributed by atoms with van der Waals surface area (Å²) in [5.41, 5.74) is 1.29. The van der Waals surface area contributed by atoms with E-state index >= 15 is 0 Å². The van der Waals surface area contributed by atoms with E-state index in [4.69, 9.17) is 0 Å². The number of nitrogens with zero attached hydrogens (tertiary/aromatic N) is 1. The van der Waals surface area contributed by atoms with E-state index in [1.807, 2.05) is 0 Å². The van der Waals surface area contributed by atoms with Crippen LogP contribution in [0.3, 0.4) is 0 Å². The van der Waals surface area contributed by atoms with E-state index in [0.717, 1.165) is 16.9 Å². The van der Waals surface area contributed by atoms with Crippen LogP contribution < -0.4 is 10.2 Å². The minimum Gasteiger partial charge on any atom is -0.375 e. The fourth-order valence-corrected chi connectivity index (χ4v) is 2.57. The van der Waals surface area contributed by atoms with Gasteiger partial charge >= 0.3 is 0 Å². The molecule has 1 aromatic carbocycles. The number of benzene rings is 1. The molecule has 0 saturated carbocycles. The topological polar surface area (TPSA) is 15.3 Å². The van der Waals surface area contributed by atoms with Gasteiger partial charge in [0, 0.05) is 23.8 Å². The van der Waals surface area contributed by atoms with Crippen LogP contribution in [0.4, 0.5) is 5.69 Å². The van der Waals surface area contributed by atoms with Gasteiger partial charge in [0.05, 0.1) is 0 Å². The summed E-state index contributed by atoms with van der Waals surface area (Å²) >= 11 is 3.51. The van der Waals surface area contributed by atoms with E-state index in [9.17, 15) is 0 Å². The molecule has 1 atom stereocenters. The van der Waals surface area contributed by atoms with Crippen molar-refractivity contribution in [1.82, 2.24) is 5.32 Å². The summed E-state index contributed by atoms with van der Waals surface area (Å²) in [5, 5.41) is 3.42. The van der Waals surface area contributed by atoms with Crippen LogP contribution in [0.5, 0.6) is 0 Å². The van der Waals surface area contributed by atoms with Crippen molar-refractivity contribution in [2.75, 3.05) is 31.6 Å². The van der Waals surface area contributed by atoms with Crippen LogP contribution in [0.1, 0.15) is 12.8 Å². The molecular weight excluding hydrogens is 264 g/mol. The number of nitrogens with one attached hydrogen (secondary N) is 1. The monoisotopic (exact) mass is 282 g/mol. The molecule has 1 fully saturated rings. The van der Waals surface area contributed by atoms with Crippen LogP contribution in [0.2, 0.25) is 0 Å². The van der Waals surface area contributed by atoms with Gasteiger partial charge in [-0.05, 0) is 50.0 Å². The molecule has 0 amide bonds. The molecule has 1 unspecified atom stereocenters. The lowest BCUT2D eigenvalue weighted by molar-refractivity contribution is 0.533.